The molecule has 0 radical (unpaired) electrons. The van der Waals surface area contributed by atoms with Gasteiger partial charge in [-0.05, 0) is 26.2 Å². The first-order valence-corrected chi connectivity index (χ1v) is 6.18. The summed E-state index contributed by atoms with van der Waals surface area (Å²) in [6.45, 7) is 2.92. The van der Waals surface area contributed by atoms with E-state index >= 15 is 0 Å². The van der Waals surface area contributed by atoms with Crippen molar-refractivity contribution in [1.29, 1.82) is 0 Å². The molecule has 3 N–H and O–H groups in total. The summed E-state index contributed by atoms with van der Waals surface area (Å²) in [6, 6.07) is 5.18. The molecule has 2 rings (SSSR count). The second kappa shape index (κ2) is 5.84. The van der Waals surface area contributed by atoms with Crippen molar-refractivity contribution in [3.05, 3.63) is 24.0 Å². The van der Waals surface area contributed by atoms with Crippen molar-refractivity contribution in [3.8, 4) is 5.75 Å². The van der Waals surface area contributed by atoms with E-state index in [1.54, 1.807) is 12.1 Å². The van der Waals surface area contributed by atoms with Gasteiger partial charge in [0.2, 0.25) is 0 Å². The molecule has 98 valence electrons. The molecule has 0 aliphatic heterocycles. The number of phenols is 1. The summed E-state index contributed by atoms with van der Waals surface area (Å²) in [5.41, 5.74) is 1.79. The molecule has 1 aromatic heterocycles. The number of imidazole rings is 1. The molecule has 0 atom stereocenters. The quantitative estimate of drug-likeness (QED) is 0.666. The molecule has 5 heteroatoms. The van der Waals surface area contributed by atoms with Crippen molar-refractivity contribution >= 4 is 11.0 Å². The molecule has 0 unspecified atom stereocenters. The monoisotopic (exact) mass is 248 g/mol. The van der Waals surface area contributed by atoms with E-state index in [9.17, 15) is 5.11 Å². The molecule has 0 spiro atoms. The fourth-order valence-corrected chi connectivity index (χ4v) is 1.80. The summed E-state index contributed by atoms with van der Waals surface area (Å²) in [6.07, 6.45) is 0.864. The van der Waals surface area contributed by atoms with Gasteiger partial charge < -0.3 is 20.3 Å². The first kappa shape index (κ1) is 12.9. The van der Waals surface area contributed by atoms with Crippen molar-refractivity contribution in [2.75, 3.05) is 33.7 Å². The number of rotatable bonds is 6. The zero-order valence-electron chi connectivity index (χ0n) is 10.9. The average Bonchev–Trinajstić information content (AvgIpc) is 2.70. The fraction of sp³-hybridized carbons (Fsp3) is 0.462. The Morgan fingerprint density at radius 1 is 1.33 bits per heavy atom. The molecule has 2 aromatic rings. The van der Waals surface area contributed by atoms with Gasteiger partial charge in [-0.25, -0.2) is 4.98 Å². The van der Waals surface area contributed by atoms with Gasteiger partial charge in [0.1, 0.15) is 11.6 Å². The summed E-state index contributed by atoms with van der Waals surface area (Å²) in [5, 5.41) is 12.7. The SMILES string of the molecule is CN(C)CCNCCc1nc2ccc(O)cc2[nH]1. The number of aromatic amines is 1. The maximum absolute atomic E-state index is 9.37. The highest BCUT2D eigenvalue weighted by Gasteiger charge is 2.03. The van der Waals surface area contributed by atoms with Gasteiger partial charge in [-0.15, -0.1) is 0 Å². The normalized spacial score (nSPS) is 11.5. The van der Waals surface area contributed by atoms with Crippen molar-refractivity contribution < 1.29 is 5.11 Å². The first-order chi connectivity index (χ1) is 8.65. The van der Waals surface area contributed by atoms with Gasteiger partial charge in [-0.3, -0.25) is 0 Å². The molecule has 1 heterocycles. The van der Waals surface area contributed by atoms with E-state index in [0.29, 0.717) is 0 Å². The number of aromatic hydroxyl groups is 1. The van der Waals surface area contributed by atoms with Gasteiger partial charge in [0, 0.05) is 32.1 Å². The third-order valence-corrected chi connectivity index (χ3v) is 2.79. The van der Waals surface area contributed by atoms with E-state index < -0.39 is 0 Å². The lowest BCUT2D eigenvalue weighted by Gasteiger charge is -2.09. The number of aromatic nitrogens is 2. The summed E-state index contributed by atoms with van der Waals surface area (Å²) in [7, 11) is 4.13. The Kier molecular flexibility index (Phi) is 4.17. The molecule has 0 fully saturated rings. The van der Waals surface area contributed by atoms with Crippen molar-refractivity contribution in [1.82, 2.24) is 20.2 Å². The van der Waals surface area contributed by atoms with Crippen LogP contribution in [-0.2, 0) is 6.42 Å². The topological polar surface area (TPSA) is 64.2 Å². The maximum Gasteiger partial charge on any atom is 0.117 e. The van der Waals surface area contributed by atoms with E-state index in [0.717, 1.165) is 42.9 Å². The number of nitrogens with one attached hydrogen (secondary N) is 2. The molecular weight excluding hydrogens is 228 g/mol. The summed E-state index contributed by atoms with van der Waals surface area (Å²) < 4.78 is 0. The minimum absolute atomic E-state index is 0.266. The van der Waals surface area contributed by atoms with Gasteiger partial charge in [0.25, 0.3) is 0 Å². The lowest BCUT2D eigenvalue weighted by Crippen LogP contribution is -2.28. The van der Waals surface area contributed by atoms with E-state index in [4.69, 9.17) is 0 Å². The molecule has 0 saturated carbocycles. The smallest absolute Gasteiger partial charge is 0.117 e. The Hall–Kier alpha value is -1.59. The Morgan fingerprint density at radius 2 is 2.17 bits per heavy atom. The molecular formula is C13H20N4O. The van der Waals surface area contributed by atoms with Gasteiger partial charge in [0.15, 0.2) is 0 Å². The van der Waals surface area contributed by atoms with Crippen LogP contribution in [-0.4, -0.2) is 53.7 Å². The first-order valence-electron chi connectivity index (χ1n) is 6.18. The van der Waals surface area contributed by atoms with Crippen LogP contribution >= 0.6 is 0 Å². The van der Waals surface area contributed by atoms with E-state index in [1.165, 1.54) is 0 Å². The van der Waals surface area contributed by atoms with Crippen molar-refractivity contribution in [2.24, 2.45) is 0 Å². The van der Waals surface area contributed by atoms with Crippen LogP contribution in [0.1, 0.15) is 5.82 Å². The fourth-order valence-electron chi connectivity index (χ4n) is 1.80. The van der Waals surface area contributed by atoms with Crippen LogP contribution in [0.5, 0.6) is 5.75 Å². The minimum Gasteiger partial charge on any atom is -0.508 e. The minimum atomic E-state index is 0.266. The standard InChI is InChI=1S/C13H20N4O/c1-17(2)8-7-14-6-5-13-15-11-4-3-10(18)9-12(11)16-13/h3-4,9,14,18H,5-8H2,1-2H3,(H,15,16). The molecule has 5 nitrogen and oxygen atoms in total. The molecule has 0 aliphatic carbocycles. The summed E-state index contributed by atoms with van der Waals surface area (Å²) in [4.78, 5) is 9.83. The predicted molar refractivity (Wildman–Crippen MR) is 72.9 cm³/mol. The van der Waals surface area contributed by atoms with Gasteiger partial charge in [0.05, 0.1) is 11.0 Å². The van der Waals surface area contributed by atoms with Crippen LogP contribution in [0.2, 0.25) is 0 Å². The molecule has 0 saturated heterocycles. The second-order valence-corrected chi connectivity index (χ2v) is 4.69. The number of nitrogens with zero attached hydrogens (tertiary/aromatic N) is 2. The Morgan fingerprint density at radius 3 is 2.94 bits per heavy atom. The highest BCUT2D eigenvalue weighted by atomic mass is 16.3. The van der Waals surface area contributed by atoms with Crippen LogP contribution in [0.15, 0.2) is 18.2 Å². The van der Waals surface area contributed by atoms with Gasteiger partial charge >= 0.3 is 0 Å². The van der Waals surface area contributed by atoms with E-state index in [2.05, 4.69) is 34.3 Å². The third kappa shape index (κ3) is 3.45. The summed E-state index contributed by atoms with van der Waals surface area (Å²) >= 11 is 0. The Labute approximate surface area is 107 Å². The molecule has 18 heavy (non-hydrogen) atoms. The zero-order chi connectivity index (χ0) is 13.0. The van der Waals surface area contributed by atoms with Crippen LogP contribution in [0.25, 0.3) is 11.0 Å². The predicted octanol–water partition coefficient (Wildman–Crippen LogP) is 0.962. The van der Waals surface area contributed by atoms with Crippen LogP contribution in [0.4, 0.5) is 0 Å². The summed E-state index contributed by atoms with van der Waals surface area (Å²) in [5.74, 6) is 1.22. The molecule has 1 aromatic carbocycles. The highest BCUT2D eigenvalue weighted by Crippen LogP contribution is 2.17. The number of benzene rings is 1. The second-order valence-electron chi connectivity index (χ2n) is 4.69. The number of phenolic OH excluding ortho intramolecular Hbond substituents is 1. The molecule has 0 aliphatic rings. The van der Waals surface area contributed by atoms with Gasteiger partial charge in [-0.1, -0.05) is 0 Å². The van der Waals surface area contributed by atoms with E-state index in [-0.39, 0.29) is 5.75 Å². The van der Waals surface area contributed by atoms with Crippen LogP contribution in [0, 0.1) is 0 Å². The van der Waals surface area contributed by atoms with Crippen LogP contribution in [0.3, 0.4) is 0 Å². The number of hydrogen-bond acceptors (Lipinski definition) is 4. The molecule has 0 amide bonds. The molecule has 0 bridgehead atoms. The maximum atomic E-state index is 9.37. The Bertz CT molecular complexity index is 507. The number of likely N-dealkylation sites (N-methyl/N-ethyl adjacent to an activating group) is 1. The number of fused-ring (bicyclic) bond motifs is 1. The largest absolute Gasteiger partial charge is 0.508 e. The highest BCUT2D eigenvalue weighted by molar-refractivity contribution is 5.76. The lowest BCUT2D eigenvalue weighted by molar-refractivity contribution is 0.400. The third-order valence-electron chi connectivity index (χ3n) is 2.79. The van der Waals surface area contributed by atoms with E-state index in [1.807, 2.05) is 6.07 Å². The lowest BCUT2D eigenvalue weighted by atomic mass is 10.3. The van der Waals surface area contributed by atoms with Gasteiger partial charge in [-0.2, -0.15) is 0 Å². The number of hydrogen-bond donors (Lipinski definition) is 3. The zero-order valence-corrected chi connectivity index (χ0v) is 10.9. The average molecular weight is 248 g/mol. The Balaban J connectivity index is 1.84. The van der Waals surface area contributed by atoms with Crippen LogP contribution < -0.4 is 5.32 Å². The van der Waals surface area contributed by atoms with Crippen molar-refractivity contribution in [3.63, 3.8) is 0 Å². The number of H-pyrrole nitrogens is 1. The van der Waals surface area contributed by atoms with Crippen molar-refractivity contribution in [2.45, 2.75) is 6.42 Å².